The van der Waals surface area contributed by atoms with Gasteiger partial charge in [-0.1, -0.05) is 18.9 Å². The van der Waals surface area contributed by atoms with Crippen molar-refractivity contribution in [3.63, 3.8) is 0 Å². The molecule has 94 valence electrons. The first-order chi connectivity index (χ1) is 8.09. The molecule has 0 radical (unpaired) electrons. The molecule has 1 unspecified atom stereocenters. The van der Waals surface area contributed by atoms with Gasteiger partial charge in [-0.15, -0.1) is 0 Å². The summed E-state index contributed by atoms with van der Waals surface area (Å²) < 4.78 is 1.97. The number of benzene rings is 1. The van der Waals surface area contributed by atoms with Gasteiger partial charge in [0.15, 0.2) is 0 Å². The molecule has 1 atom stereocenters. The average molecular weight is 363 g/mol. The minimum Gasteiger partial charge on any atom is -0.388 e. The molecule has 0 aliphatic heterocycles. The highest BCUT2D eigenvalue weighted by Gasteiger charge is 2.40. The summed E-state index contributed by atoms with van der Waals surface area (Å²) in [7, 11) is 0. The molecule has 3 N–H and O–H groups in total. The van der Waals surface area contributed by atoms with Crippen LogP contribution < -0.4 is 5.73 Å². The Kier molecular flexibility index (Phi) is 4.29. The van der Waals surface area contributed by atoms with Crippen LogP contribution in [0.15, 0.2) is 27.1 Å². The standard InChI is InChI=1S/C13H17Br2NO/c14-10-4-3-9(7-11(10)15)12(17)13(8-16)5-1-2-6-13/h3-4,7,12,17H,1-2,5-6,8,16H2. The summed E-state index contributed by atoms with van der Waals surface area (Å²) >= 11 is 6.91. The molecule has 1 aromatic rings. The summed E-state index contributed by atoms with van der Waals surface area (Å²) in [6, 6.07) is 5.90. The van der Waals surface area contributed by atoms with Gasteiger partial charge in [0.1, 0.15) is 0 Å². The number of aliphatic hydroxyl groups is 1. The van der Waals surface area contributed by atoms with E-state index in [1.807, 2.05) is 18.2 Å². The second-order valence-electron chi connectivity index (χ2n) is 4.85. The van der Waals surface area contributed by atoms with Gasteiger partial charge in [0.2, 0.25) is 0 Å². The molecule has 1 aromatic carbocycles. The van der Waals surface area contributed by atoms with Crippen molar-refractivity contribution in [3.05, 3.63) is 32.7 Å². The lowest BCUT2D eigenvalue weighted by molar-refractivity contribution is 0.0333. The molecule has 0 amide bonds. The van der Waals surface area contributed by atoms with Crippen LogP contribution in [0, 0.1) is 5.41 Å². The van der Waals surface area contributed by atoms with Crippen LogP contribution in [0.4, 0.5) is 0 Å². The molecular weight excluding hydrogens is 346 g/mol. The van der Waals surface area contributed by atoms with E-state index in [0.29, 0.717) is 6.54 Å². The SMILES string of the molecule is NCC1(C(O)c2ccc(Br)c(Br)c2)CCCC1. The molecule has 0 aromatic heterocycles. The maximum atomic E-state index is 10.6. The lowest BCUT2D eigenvalue weighted by atomic mass is 9.77. The van der Waals surface area contributed by atoms with Crippen LogP contribution in [-0.4, -0.2) is 11.7 Å². The predicted molar refractivity (Wildman–Crippen MR) is 76.8 cm³/mol. The number of rotatable bonds is 3. The van der Waals surface area contributed by atoms with E-state index in [4.69, 9.17) is 5.73 Å². The zero-order chi connectivity index (χ0) is 12.5. The molecule has 1 fully saturated rings. The summed E-state index contributed by atoms with van der Waals surface area (Å²) in [5, 5.41) is 10.6. The Balaban J connectivity index is 2.29. The smallest absolute Gasteiger partial charge is 0.0858 e. The van der Waals surface area contributed by atoms with Crippen molar-refractivity contribution in [2.75, 3.05) is 6.54 Å². The first-order valence-corrected chi connectivity index (χ1v) is 7.51. The molecule has 2 rings (SSSR count). The summed E-state index contributed by atoms with van der Waals surface area (Å²) in [5.74, 6) is 0. The highest BCUT2D eigenvalue weighted by molar-refractivity contribution is 9.13. The van der Waals surface area contributed by atoms with Gasteiger partial charge in [-0.2, -0.15) is 0 Å². The monoisotopic (exact) mass is 361 g/mol. The van der Waals surface area contributed by atoms with Crippen molar-refractivity contribution < 1.29 is 5.11 Å². The van der Waals surface area contributed by atoms with Gasteiger partial charge < -0.3 is 10.8 Å². The number of aliphatic hydroxyl groups excluding tert-OH is 1. The summed E-state index contributed by atoms with van der Waals surface area (Å²) in [5.41, 5.74) is 6.73. The van der Waals surface area contributed by atoms with E-state index in [9.17, 15) is 5.11 Å². The van der Waals surface area contributed by atoms with E-state index in [-0.39, 0.29) is 5.41 Å². The van der Waals surface area contributed by atoms with Crippen molar-refractivity contribution in [1.29, 1.82) is 0 Å². The second-order valence-corrected chi connectivity index (χ2v) is 6.56. The third kappa shape index (κ3) is 2.60. The van der Waals surface area contributed by atoms with Gasteiger partial charge in [-0.3, -0.25) is 0 Å². The van der Waals surface area contributed by atoms with Crippen molar-refractivity contribution >= 4 is 31.9 Å². The van der Waals surface area contributed by atoms with E-state index in [1.54, 1.807) is 0 Å². The zero-order valence-corrected chi connectivity index (χ0v) is 12.8. The molecule has 0 saturated heterocycles. The highest BCUT2D eigenvalue weighted by atomic mass is 79.9. The quantitative estimate of drug-likeness (QED) is 0.859. The lowest BCUT2D eigenvalue weighted by Gasteiger charge is -2.33. The second kappa shape index (κ2) is 5.39. The molecule has 1 saturated carbocycles. The molecule has 17 heavy (non-hydrogen) atoms. The fourth-order valence-corrected chi connectivity index (χ4v) is 3.35. The van der Waals surface area contributed by atoms with Gasteiger partial charge in [0.05, 0.1) is 6.10 Å². The number of halogens is 2. The molecule has 0 bridgehead atoms. The average Bonchev–Trinajstić information content (AvgIpc) is 2.81. The molecule has 1 aliphatic carbocycles. The van der Waals surface area contributed by atoms with E-state index >= 15 is 0 Å². The molecule has 0 heterocycles. The lowest BCUT2D eigenvalue weighted by Crippen LogP contribution is -2.34. The molecular formula is C13H17Br2NO. The van der Waals surface area contributed by atoms with Gasteiger partial charge in [0.25, 0.3) is 0 Å². The molecule has 2 nitrogen and oxygen atoms in total. The Morgan fingerprint density at radius 1 is 1.24 bits per heavy atom. The van der Waals surface area contributed by atoms with Crippen LogP contribution in [0.25, 0.3) is 0 Å². The maximum Gasteiger partial charge on any atom is 0.0858 e. The van der Waals surface area contributed by atoms with Crippen molar-refractivity contribution in [1.82, 2.24) is 0 Å². The normalized spacial score (nSPS) is 20.5. The first-order valence-electron chi connectivity index (χ1n) is 5.92. The Labute approximate surface area is 119 Å². The van der Waals surface area contributed by atoms with Crippen LogP contribution in [-0.2, 0) is 0 Å². The number of hydrogen-bond acceptors (Lipinski definition) is 2. The summed E-state index contributed by atoms with van der Waals surface area (Å²) in [6.45, 7) is 0.557. The number of hydrogen-bond donors (Lipinski definition) is 2. The summed E-state index contributed by atoms with van der Waals surface area (Å²) in [6.07, 6.45) is 3.94. The minimum atomic E-state index is -0.459. The zero-order valence-electron chi connectivity index (χ0n) is 9.63. The van der Waals surface area contributed by atoms with E-state index < -0.39 is 6.10 Å². The van der Waals surface area contributed by atoms with E-state index in [1.165, 1.54) is 12.8 Å². The fraction of sp³-hybridized carbons (Fsp3) is 0.538. The van der Waals surface area contributed by atoms with E-state index in [2.05, 4.69) is 31.9 Å². The van der Waals surface area contributed by atoms with Crippen LogP contribution in [0.3, 0.4) is 0 Å². The topological polar surface area (TPSA) is 46.2 Å². The largest absolute Gasteiger partial charge is 0.388 e. The Hall–Kier alpha value is 0.1000. The van der Waals surface area contributed by atoms with Gasteiger partial charge >= 0.3 is 0 Å². The maximum absolute atomic E-state index is 10.6. The van der Waals surface area contributed by atoms with Gasteiger partial charge in [0, 0.05) is 20.9 Å². The van der Waals surface area contributed by atoms with Crippen LogP contribution >= 0.6 is 31.9 Å². The molecule has 4 heteroatoms. The van der Waals surface area contributed by atoms with Crippen molar-refractivity contribution in [2.45, 2.75) is 31.8 Å². The third-order valence-corrected chi connectivity index (χ3v) is 5.72. The van der Waals surface area contributed by atoms with Crippen molar-refractivity contribution in [2.24, 2.45) is 11.1 Å². The number of nitrogens with two attached hydrogens (primary N) is 1. The predicted octanol–water partition coefficient (Wildman–Crippen LogP) is 3.76. The van der Waals surface area contributed by atoms with Crippen LogP contribution in [0.5, 0.6) is 0 Å². The van der Waals surface area contributed by atoms with Gasteiger partial charge in [-0.25, -0.2) is 0 Å². The summed E-state index contributed by atoms with van der Waals surface area (Å²) in [4.78, 5) is 0. The van der Waals surface area contributed by atoms with Crippen LogP contribution in [0.1, 0.15) is 37.4 Å². The van der Waals surface area contributed by atoms with Crippen molar-refractivity contribution in [3.8, 4) is 0 Å². The Morgan fingerprint density at radius 3 is 2.41 bits per heavy atom. The van der Waals surface area contributed by atoms with Gasteiger partial charge in [-0.05, 0) is 62.4 Å². The minimum absolute atomic E-state index is 0.118. The van der Waals surface area contributed by atoms with Crippen LogP contribution in [0.2, 0.25) is 0 Å². The fourth-order valence-electron chi connectivity index (χ4n) is 2.70. The first kappa shape index (κ1) is 13.5. The highest BCUT2D eigenvalue weighted by Crippen LogP contribution is 2.47. The Morgan fingerprint density at radius 2 is 1.88 bits per heavy atom. The Bertz CT molecular complexity index is 402. The molecule has 1 aliphatic rings. The van der Waals surface area contributed by atoms with E-state index in [0.717, 1.165) is 27.4 Å². The third-order valence-electron chi connectivity index (χ3n) is 3.85. The molecule has 0 spiro atoms.